The van der Waals surface area contributed by atoms with Crippen molar-refractivity contribution in [1.82, 2.24) is 10.6 Å². The fourth-order valence-electron chi connectivity index (χ4n) is 1.74. The Morgan fingerprint density at radius 2 is 1.62 bits per heavy atom. The van der Waals surface area contributed by atoms with Crippen LogP contribution in [-0.4, -0.2) is 30.3 Å². The second kappa shape index (κ2) is 9.24. The monoisotopic (exact) mass is 356 g/mol. The van der Waals surface area contributed by atoms with Gasteiger partial charge >= 0.3 is 0 Å². The van der Waals surface area contributed by atoms with Gasteiger partial charge in [0.15, 0.2) is 0 Å². The summed E-state index contributed by atoms with van der Waals surface area (Å²) in [5.74, 6) is -1.21. The molecular weight excluding hydrogens is 332 g/mol. The van der Waals surface area contributed by atoms with E-state index in [2.05, 4.69) is 10.6 Å². The standard InChI is InChI=1S/C16H24N4O3.ClH/c1-16(2,3)13(18)15(23)19-8-10-4-6-11(7-5-10)14(22)20-9-12(17)21;/h4-7,13H,8-9,18H2,1-3H3,(H2,17,21)(H,19,23)(H,20,22);1H/t13-;/m1./s1. The normalized spacial score (nSPS) is 11.8. The lowest BCUT2D eigenvalue weighted by Crippen LogP contribution is -2.48. The maximum atomic E-state index is 11.9. The topological polar surface area (TPSA) is 127 Å². The van der Waals surface area contributed by atoms with E-state index in [1.807, 2.05) is 20.8 Å². The van der Waals surface area contributed by atoms with E-state index in [9.17, 15) is 14.4 Å². The molecule has 0 heterocycles. The van der Waals surface area contributed by atoms with E-state index < -0.39 is 11.9 Å². The maximum Gasteiger partial charge on any atom is 0.251 e. The Morgan fingerprint density at radius 3 is 2.08 bits per heavy atom. The van der Waals surface area contributed by atoms with Gasteiger partial charge in [-0.2, -0.15) is 0 Å². The van der Waals surface area contributed by atoms with Gasteiger partial charge in [0, 0.05) is 12.1 Å². The Morgan fingerprint density at radius 1 is 1.08 bits per heavy atom. The Hall–Kier alpha value is -2.12. The molecule has 0 spiro atoms. The van der Waals surface area contributed by atoms with E-state index in [1.165, 1.54) is 0 Å². The van der Waals surface area contributed by atoms with Crippen LogP contribution in [0.3, 0.4) is 0 Å². The van der Waals surface area contributed by atoms with Crippen LogP contribution in [-0.2, 0) is 16.1 Å². The van der Waals surface area contributed by atoms with Gasteiger partial charge in [0.25, 0.3) is 5.91 Å². The number of hydrogen-bond donors (Lipinski definition) is 4. The van der Waals surface area contributed by atoms with Crippen molar-refractivity contribution >= 4 is 30.1 Å². The van der Waals surface area contributed by atoms with Gasteiger partial charge in [-0.05, 0) is 23.1 Å². The molecule has 0 fully saturated rings. The predicted molar refractivity (Wildman–Crippen MR) is 94.5 cm³/mol. The largest absolute Gasteiger partial charge is 0.368 e. The first-order valence-corrected chi connectivity index (χ1v) is 7.30. The number of carbonyl (C=O) groups is 3. The molecule has 0 bridgehead atoms. The number of carbonyl (C=O) groups excluding carboxylic acids is 3. The van der Waals surface area contributed by atoms with Crippen LogP contribution in [0.2, 0.25) is 0 Å². The zero-order valence-corrected chi connectivity index (χ0v) is 14.9. The minimum atomic E-state index is -0.604. The average molecular weight is 357 g/mol. The summed E-state index contributed by atoms with van der Waals surface area (Å²) in [6.45, 7) is 5.82. The summed E-state index contributed by atoms with van der Waals surface area (Å²) in [5, 5.41) is 5.17. The van der Waals surface area contributed by atoms with Crippen LogP contribution in [0, 0.1) is 5.41 Å². The smallest absolute Gasteiger partial charge is 0.251 e. The fraction of sp³-hybridized carbons (Fsp3) is 0.438. The van der Waals surface area contributed by atoms with E-state index in [0.29, 0.717) is 12.1 Å². The number of benzene rings is 1. The highest BCUT2D eigenvalue weighted by atomic mass is 35.5. The number of rotatable bonds is 6. The zero-order valence-electron chi connectivity index (χ0n) is 14.1. The number of halogens is 1. The van der Waals surface area contributed by atoms with Gasteiger partial charge in [0.05, 0.1) is 12.6 Å². The third-order valence-electron chi connectivity index (χ3n) is 3.32. The van der Waals surface area contributed by atoms with E-state index in [0.717, 1.165) is 5.56 Å². The molecule has 0 unspecified atom stereocenters. The number of amides is 3. The van der Waals surface area contributed by atoms with Gasteiger partial charge < -0.3 is 22.1 Å². The third kappa shape index (κ3) is 6.97. The van der Waals surface area contributed by atoms with E-state index >= 15 is 0 Å². The van der Waals surface area contributed by atoms with Gasteiger partial charge in [0.2, 0.25) is 11.8 Å². The number of hydrogen-bond acceptors (Lipinski definition) is 4. The lowest BCUT2D eigenvalue weighted by Gasteiger charge is -2.25. The Bertz CT molecular complexity index is 582. The molecule has 0 aliphatic rings. The lowest BCUT2D eigenvalue weighted by atomic mass is 9.87. The summed E-state index contributed by atoms with van der Waals surface area (Å²) >= 11 is 0. The molecule has 1 aromatic carbocycles. The molecule has 0 radical (unpaired) electrons. The SMILES string of the molecule is CC(C)(C)[C@H](N)C(=O)NCc1ccc(C(=O)NCC(N)=O)cc1.Cl. The Labute approximate surface area is 147 Å². The first-order chi connectivity index (χ1) is 10.6. The molecule has 8 heteroatoms. The average Bonchev–Trinajstić information content (AvgIpc) is 2.49. The van der Waals surface area contributed by atoms with Crippen molar-refractivity contribution in [3.05, 3.63) is 35.4 Å². The van der Waals surface area contributed by atoms with Crippen LogP contribution in [0.25, 0.3) is 0 Å². The molecule has 134 valence electrons. The van der Waals surface area contributed by atoms with Crippen LogP contribution >= 0.6 is 12.4 Å². The fourth-order valence-corrected chi connectivity index (χ4v) is 1.74. The van der Waals surface area contributed by atoms with Crippen molar-refractivity contribution < 1.29 is 14.4 Å². The molecule has 1 aromatic rings. The van der Waals surface area contributed by atoms with Crippen molar-refractivity contribution in [2.75, 3.05) is 6.54 Å². The quantitative estimate of drug-likeness (QED) is 0.585. The number of primary amides is 1. The highest BCUT2D eigenvalue weighted by Crippen LogP contribution is 2.17. The maximum absolute atomic E-state index is 11.9. The van der Waals surface area contributed by atoms with Crippen molar-refractivity contribution in [1.29, 1.82) is 0 Å². The van der Waals surface area contributed by atoms with E-state index in [-0.39, 0.29) is 36.2 Å². The van der Waals surface area contributed by atoms with E-state index in [1.54, 1.807) is 24.3 Å². The predicted octanol–water partition coefficient (Wildman–Crippen LogP) is 0.313. The third-order valence-corrected chi connectivity index (χ3v) is 3.32. The molecule has 7 nitrogen and oxygen atoms in total. The first kappa shape index (κ1) is 21.9. The molecule has 0 saturated carbocycles. The molecule has 3 amide bonds. The summed E-state index contributed by atoms with van der Waals surface area (Å²) in [7, 11) is 0. The highest BCUT2D eigenvalue weighted by Gasteiger charge is 2.27. The second-order valence-electron chi connectivity index (χ2n) is 6.41. The van der Waals surface area contributed by atoms with Crippen molar-refractivity contribution in [2.24, 2.45) is 16.9 Å². The molecular formula is C16H25ClN4O3. The molecule has 1 rings (SSSR count). The number of nitrogens with two attached hydrogens (primary N) is 2. The minimum absolute atomic E-state index is 0. The highest BCUT2D eigenvalue weighted by molar-refractivity contribution is 5.96. The molecule has 0 saturated heterocycles. The summed E-state index contributed by atoms with van der Waals surface area (Å²) in [5.41, 5.74) is 11.8. The summed E-state index contributed by atoms with van der Waals surface area (Å²) in [6.07, 6.45) is 0. The summed E-state index contributed by atoms with van der Waals surface area (Å²) in [6, 6.07) is 6.08. The molecule has 0 aliphatic heterocycles. The van der Waals surface area contributed by atoms with Gasteiger partial charge in [-0.15, -0.1) is 12.4 Å². The number of nitrogens with one attached hydrogen (secondary N) is 2. The van der Waals surface area contributed by atoms with Gasteiger partial charge in [-0.1, -0.05) is 32.9 Å². The van der Waals surface area contributed by atoms with Crippen LogP contribution < -0.4 is 22.1 Å². The minimum Gasteiger partial charge on any atom is -0.368 e. The summed E-state index contributed by atoms with van der Waals surface area (Å²) < 4.78 is 0. The van der Waals surface area contributed by atoms with Gasteiger partial charge in [-0.3, -0.25) is 14.4 Å². The molecule has 0 aliphatic carbocycles. The molecule has 1 atom stereocenters. The van der Waals surface area contributed by atoms with E-state index in [4.69, 9.17) is 11.5 Å². The van der Waals surface area contributed by atoms with Crippen LogP contribution in [0.1, 0.15) is 36.7 Å². The van der Waals surface area contributed by atoms with Crippen molar-refractivity contribution in [2.45, 2.75) is 33.4 Å². The molecule has 0 aromatic heterocycles. The zero-order chi connectivity index (χ0) is 17.6. The van der Waals surface area contributed by atoms with Crippen LogP contribution in [0.15, 0.2) is 24.3 Å². The second-order valence-corrected chi connectivity index (χ2v) is 6.41. The Balaban J connectivity index is 0.00000529. The van der Waals surface area contributed by atoms with Crippen LogP contribution in [0.4, 0.5) is 0 Å². The lowest BCUT2D eigenvalue weighted by molar-refractivity contribution is -0.124. The first-order valence-electron chi connectivity index (χ1n) is 7.30. The van der Waals surface area contributed by atoms with Crippen molar-refractivity contribution in [3.8, 4) is 0 Å². The van der Waals surface area contributed by atoms with Gasteiger partial charge in [-0.25, -0.2) is 0 Å². The molecule has 6 N–H and O–H groups in total. The summed E-state index contributed by atoms with van der Waals surface area (Å²) in [4.78, 5) is 34.3. The Kier molecular flexibility index (Phi) is 8.43. The van der Waals surface area contributed by atoms with Crippen LogP contribution in [0.5, 0.6) is 0 Å². The van der Waals surface area contributed by atoms with Gasteiger partial charge in [0.1, 0.15) is 0 Å². The molecule has 24 heavy (non-hydrogen) atoms. The van der Waals surface area contributed by atoms with Crippen molar-refractivity contribution in [3.63, 3.8) is 0 Å².